The number of aryl methyl sites for hydroxylation is 1. The number of carbonyl (C=O) groups is 1. The number of hydrogen-bond donors (Lipinski definition) is 1. The molecule has 0 atom stereocenters. The second-order valence-corrected chi connectivity index (χ2v) is 4.92. The first-order valence-electron chi connectivity index (χ1n) is 6.77. The average molecular weight is 277 g/mol. The Morgan fingerprint density at radius 1 is 1.14 bits per heavy atom. The van der Waals surface area contributed by atoms with E-state index < -0.39 is 0 Å². The lowest BCUT2D eigenvalue weighted by Gasteiger charge is -2.06. The molecular formula is C17H15N3O. The highest BCUT2D eigenvalue weighted by molar-refractivity contribution is 5.92. The van der Waals surface area contributed by atoms with Gasteiger partial charge in [0, 0.05) is 11.6 Å². The Bertz CT molecular complexity index is 784. The van der Waals surface area contributed by atoms with E-state index in [4.69, 9.17) is 0 Å². The van der Waals surface area contributed by atoms with Crippen molar-refractivity contribution in [2.24, 2.45) is 0 Å². The molecule has 4 nitrogen and oxygen atoms in total. The number of anilines is 1. The van der Waals surface area contributed by atoms with Crippen LogP contribution in [0.15, 0.2) is 54.9 Å². The van der Waals surface area contributed by atoms with Crippen molar-refractivity contribution in [3.63, 3.8) is 0 Å². The van der Waals surface area contributed by atoms with Crippen LogP contribution in [0, 0.1) is 6.92 Å². The zero-order valence-corrected chi connectivity index (χ0v) is 11.7. The fourth-order valence-corrected chi connectivity index (χ4v) is 2.24. The summed E-state index contributed by atoms with van der Waals surface area (Å²) in [6.07, 6.45) is 3.54. The minimum absolute atomic E-state index is 0.0940. The summed E-state index contributed by atoms with van der Waals surface area (Å²) in [5, 5.41) is 3.90. The van der Waals surface area contributed by atoms with Crippen LogP contribution in [0.4, 0.5) is 5.69 Å². The molecule has 0 aliphatic heterocycles. The van der Waals surface area contributed by atoms with Gasteiger partial charge in [0.15, 0.2) is 0 Å². The largest absolute Gasteiger partial charge is 0.324 e. The van der Waals surface area contributed by atoms with Gasteiger partial charge in [-0.2, -0.15) is 0 Å². The molecule has 3 rings (SSSR count). The van der Waals surface area contributed by atoms with E-state index >= 15 is 0 Å². The number of fused-ring (bicyclic) bond motifs is 1. The number of nitrogens with one attached hydrogen (secondary N) is 1. The zero-order chi connectivity index (χ0) is 14.7. The van der Waals surface area contributed by atoms with Gasteiger partial charge >= 0.3 is 0 Å². The van der Waals surface area contributed by atoms with Gasteiger partial charge in [0.1, 0.15) is 0 Å². The molecule has 0 spiro atoms. The van der Waals surface area contributed by atoms with E-state index in [9.17, 15) is 4.79 Å². The molecule has 0 unspecified atom stereocenters. The lowest BCUT2D eigenvalue weighted by Crippen LogP contribution is -2.15. The molecule has 3 aromatic rings. The van der Waals surface area contributed by atoms with Crippen molar-refractivity contribution in [1.29, 1.82) is 0 Å². The van der Waals surface area contributed by atoms with Crippen molar-refractivity contribution in [2.75, 3.05) is 5.32 Å². The third-order valence-corrected chi connectivity index (χ3v) is 3.27. The normalized spacial score (nSPS) is 10.5. The maximum absolute atomic E-state index is 12.0. The van der Waals surface area contributed by atoms with Gasteiger partial charge in [-0.15, -0.1) is 0 Å². The Morgan fingerprint density at radius 2 is 2.05 bits per heavy atom. The predicted molar refractivity (Wildman–Crippen MR) is 83.1 cm³/mol. The van der Waals surface area contributed by atoms with Crippen molar-refractivity contribution in [3.05, 3.63) is 66.1 Å². The summed E-state index contributed by atoms with van der Waals surface area (Å²) in [5.41, 5.74) is 3.52. The molecule has 0 saturated carbocycles. The predicted octanol–water partition coefficient (Wildman–Crippen LogP) is 3.12. The minimum Gasteiger partial charge on any atom is -0.324 e. The highest BCUT2D eigenvalue weighted by atomic mass is 16.1. The monoisotopic (exact) mass is 277 g/mol. The molecule has 2 heterocycles. The zero-order valence-electron chi connectivity index (χ0n) is 11.7. The van der Waals surface area contributed by atoms with Gasteiger partial charge in [-0.25, -0.2) is 0 Å². The smallest absolute Gasteiger partial charge is 0.230 e. The van der Waals surface area contributed by atoms with E-state index in [1.807, 2.05) is 43.3 Å². The van der Waals surface area contributed by atoms with E-state index in [0.717, 1.165) is 22.2 Å². The lowest BCUT2D eigenvalue weighted by molar-refractivity contribution is -0.115. The first-order chi connectivity index (χ1) is 10.2. The molecule has 2 aromatic heterocycles. The maximum atomic E-state index is 12.0. The van der Waals surface area contributed by atoms with Crippen molar-refractivity contribution < 1.29 is 4.79 Å². The van der Waals surface area contributed by atoms with Gasteiger partial charge in [-0.05, 0) is 30.7 Å². The fraction of sp³-hybridized carbons (Fsp3) is 0.118. The average Bonchev–Trinajstić information content (AvgIpc) is 2.49. The molecule has 21 heavy (non-hydrogen) atoms. The summed E-state index contributed by atoms with van der Waals surface area (Å²) in [6.45, 7) is 2.02. The van der Waals surface area contributed by atoms with Gasteiger partial charge in [0.05, 0.1) is 29.5 Å². The molecule has 1 aromatic carbocycles. The number of para-hydroxylation sites is 1. The molecule has 0 aliphatic carbocycles. The number of hydrogen-bond acceptors (Lipinski definition) is 3. The van der Waals surface area contributed by atoms with Gasteiger partial charge in [-0.3, -0.25) is 14.8 Å². The Morgan fingerprint density at radius 3 is 2.86 bits per heavy atom. The number of nitrogens with zero attached hydrogens (tertiary/aromatic N) is 2. The van der Waals surface area contributed by atoms with Gasteiger partial charge in [-0.1, -0.05) is 24.3 Å². The van der Waals surface area contributed by atoms with Crippen LogP contribution >= 0.6 is 0 Å². The molecule has 0 radical (unpaired) electrons. The molecule has 4 heteroatoms. The standard InChI is InChI=1S/C17H15N3O/c1-12-4-2-5-13-7-8-14(20-17(12)13)10-16(21)19-15-6-3-9-18-11-15/h2-9,11H,10H2,1H3,(H,19,21). The summed E-state index contributed by atoms with van der Waals surface area (Å²) < 4.78 is 0. The van der Waals surface area contributed by atoms with Crippen LogP contribution in [-0.4, -0.2) is 15.9 Å². The fourth-order valence-electron chi connectivity index (χ4n) is 2.24. The number of benzene rings is 1. The third-order valence-electron chi connectivity index (χ3n) is 3.27. The van der Waals surface area contributed by atoms with E-state index in [0.29, 0.717) is 5.69 Å². The Hall–Kier alpha value is -2.75. The molecular weight excluding hydrogens is 262 g/mol. The topological polar surface area (TPSA) is 54.9 Å². The van der Waals surface area contributed by atoms with Crippen LogP contribution < -0.4 is 5.32 Å². The van der Waals surface area contributed by atoms with Crippen LogP contribution in [-0.2, 0) is 11.2 Å². The quantitative estimate of drug-likeness (QED) is 0.800. The van der Waals surface area contributed by atoms with E-state index in [1.165, 1.54) is 0 Å². The highest BCUT2D eigenvalue weighted by Gasteiger charge is 2.07. The first kappa shape index (κ1) is 13.2. The summed E-state index contributed by atoms with van der Waals surface area (Å²) in [5.74, 6) is -0.0940. The number of amides is 1. The molecule has 0 saturated heterocycles. The van der Waals surface area contributed by atoms with Crippen molar-refractivity contribution in [3.8, 4) is 0 Å². The summed E-state index contributed by atoms with van der Waals surface area (Å²) in [7, 11) is 0. The Balaban J connectivity index is 1.78. The van der Waals surface area contributed by atoms with Crippen LogP contribution in [0.2, 0.25) is 0 Å². The van der Waals surface area contributed by atoms with Crippen LogP contribution in [0.3, 0.4) is 0 Å². The highest BCUT2D eigenvalue weighted by Crippen LogP contribution is 2.16. The molecule has 0 bridgehead atoms. The van der Waals surface area contributed by atoms with Crippen LogP contribution in [0.25, 0.3) is 10.9 Å². The first-order valence-corrected chi connectivity index (χ1v) is 6.77. The lowest BCUT2D eigenvalue weighted by atomic mass is 10.1. The second-order valence-electron chi connectivity index (χ2n) is 4.92. The van der Waals surface area contributed by atoms with Gasteiger partial charge in [0.2, 0.25) is 5.91 Å². The SMILES string of the molecule is Cc1cccc2ccc(CC(=O)Nc3cccnc3)nc12. The van der Waals surface area contributed by atoms with E-state index in [2.05, 4.69) is 15.3 Å². The molecule has 0 aliphatic rings. The number of carbonyl (C=O) groups excluding carboxylic acids is 1. The molecule has 1 amide bonds. The summed E-state index contributed by atoms with van der Waals surface area (Å²) in [4.78, 5) is 20.6. The van der Waals surface area contributed by atoms with Crippen molar-refractivity contribution in [1.82, 2.24) is 9.97 Å². The second kappa shape index (κ2) is 5.71. The van der Waals surface area contributed by atoms with Crippen molar-refractivity contribution >= 4 is 22.5 Å². The van der Waals surface area contributed by atoms with Gasteiger partial charge < -0.3 is 5.32 Å². The Labute approximate surface area is 122 Å². The van der Waals surface area contributed by atoms with Gasteiger partial charge in [0.25, 0.3) is 0 Å². The molecule has 1 N–H and O–H groups in total. The van der Waals surface area contributed by atoms with E-state index in [-0.39, 0.29) is 12.3 Å². The minimum atomic E-state index is -0.0940. The number of pyridine rings is 2. The van der Waals surface area contributed by atoms with Crippen molar-refractivity contribution in [2.45, 2.75) is 13.3 Å². The summed E-state index contributed by atoms with van der Waals surface area (Å²) in [6, 6.07) is 13.5. The van der Waals surface area contributed by atoms with E-state index in [1.54, 1.807) is 18.5 Å². The molecule has 0 fully saturated rings. The number of rotatable bonds is 3. The van der Waals surface area contributed by atoms with Crippen LogP contribution in [0.5, 0.6) is 0 Å². The Kier molecular flexibility index (Phi) is 3.60. The van der Waals surface area contributed by atoms with Crippen LogP contribution in [0.1, 0.15) is 11.3 Å². The maximum Gasteiger partial charge on any atom is 0.230 e. The third kappa shape index (κ3) is 3.05. The summed E-state index contributed by atoms with van der Waals surface area (Å²) >= 11 is 0. The molecule has 104 valence electrons. The number of aromatic nitrogens is 2.